The molecule has 0 aromatic carbocycles. The molecule has 14 nitrogen and oxygen atoms in total. The van der Waals surface area contributed by atoms with Gasteiger partial charge in [0.15, 0.2) is 6.10 Å². The van der Waals surface area contributed by atoms with Crippen molar-refractivity contribution in [2.24, 2.45) is 5.92 Å². The first-order chi connectivity index (χ1) is 28.2. The Morgan fingerprint density at radius 3 is 1.88 bits per heavy atom. The SMILES string of the molecule is CCCCC/C=C\C/C=C\C/C=C\CC1OC1CCCC(=O)OC[C@H](COP(=O)(O)OC[C@@H](O)COP(=O)(O)O)OC(=O)CCCCCCCCCCCCC(C)CC. The molecule has 1 aliphatic heterocycles. The maximum Gasteiger partial charge on any atom is 0.472 e. The van der Waals surface area contributed by atoms with Gasteiger partial charge < -0.3 is 34.0 Å². The number of epoxide rings is 1. The van der Waals surface area contributed by atoms with Crippen LogP contribution in [0.2, 0.25) is 0 Å². The van der Waals surface area contributed by atoms with Gasteiger partial charge in [0.1, 0.15) is 12.7 Å². The number of hydrogen-bond donors (Lipinski definition) is 4. The molecular formula is C43H78O14P2. The zero-order valence-electron chi connectivity index (χ0n) is 36.2. The molecule has 6 atom stereocenters. The Balaban J connectivity index is 2.41. The van der Waals surface area contributed by atoms with Gasteiger partial charge in [-0.2, -0.15) is 0 Å². The third-order valence-corrected chi connectivity index (χ3v) is 11.4. The Hall–Kier alpha value is -1.70. The molecule has 1 saturated heterocycles. The molecule has 16 heteroatoms. The minimum atomic E-state index is -4.87. The Morgan fingerprint density at radius 1 is 0.661 bits per heavy atom. The predicted molar refractivity (Wildman–Crippen MR) is 229 cm³/mol. The molecule has 0 amide bonds. The van der Waals surface area contributed by atoms with Gasteiger partial charge in [-0.3, -0.25) is 23.2 Å². The van der Waals surface area contributed by atoms with Gasteiger partial charge in [0.05, 0.1) is 32.0 Å². The molecule has 4 unspecified atom stereocenters. The van der Waals surface area contributed by atoms with Crippen LogP contribution >= 0.6 is 15.6 Å². The number of rotatable bonds is 40. The van der Waals surface area contributed by atoms with Gasteiger partial charge in [-0.25, -0.2) is 9.13 Å². The quantitative estimate of drug-likeness (QED) is 0.0149. The van der Waals surface area contributed by atoms with Crippen LogP contribution in [-0.4, -0.2) is 82.6 Å². The normalized spacial score (nSPS) is 18.4. The Labute approximate surface area is 354 Å². The Morgan fingerprint density at radius 2 is 1.24 bits per heavy atom. The number of aliphatic hydroxyl groups is 1. The zero-order chi connectivity index (χ0) is 43.6. The molecule has 0 aromatic rings. The van der Waals surface area contributed by atoms with Crippen molar-refractivity contribution < 1.29 is 66.3 Å². The van der Waals surface area contributed by atoms with Crippen LogP contribution in [0.4, 0.5) is 0 Å². The van der Waals surface area contributed by atoms with Crippen molar-refractivity contribution in [3.8, 4) is 0 Å². The van der Waals surface area contributed by atoms with E-state index in [0.717, 1.165) is 50.9 Å². The van der Waals surface area contributed by atoms with Crippen LogP contribution in [0.1, 0.15) is 168 Å². The number of hydrogen-bond acceptors (Lipinski definition) is 11. The number of phosphoric acid groups is 2. The highest BCUT2D eigenvalue weighted by atomic mass is 31.2. The summed E-state index contributed by atoms with van der Waals surface area (Å²) in [6.45, 7) is 3.98. The maximum atomic E-state index is 12.7. The van der Waals surface area contributed by atoms with Crippen molar-refractivity contribution >= 4 is 27.6 Å². The first-order valence-corrected chi connectivity index (χ1v) is 25.2. The smallest absolute Gasteiger partial charge is 0.462 e. The largest absolute Gasteiger partial charge is 0.472 e. The average Bonchev–Trinajstić information content (AvgIpc) is 3.95. The fraction of sp³-hybridized carbons (Fsp3) is 0.814. The molecule has 4 N–H and O–H groups in total. The molecule has 0 radical (unpaired) electrons. The van der Waals surface area contributed by atoms with Gasteiger partial charge in [0, 0.05) is 12.8 Å². The number of unbranched alkanes of at least 4 members (excludes halogenated alkanes) is 12. The van der Waals surface area contributed by atoms with Crippen molar-refractivity contribution in [3.05, 3.63) is 36.5 Å². The van der Waals surface area contributed by atoms with E-state index in [-0.39, 0.29) is 25.0 Å². The van der Waals surface area contributed by atoms with Crippen LogP contribution in [0.25, 0.3) is 0 Å². The minimum Gasteiger partial charge on any atom is -0.462 e. The van der Waals surface area contributed by atoms with Crippen LogP contribution in [0.15, 0.2) is 36.5 Å². The second kappa shape index (κ2) is 34.8. The minimum absolute atomic E-state index is 0.0812. The van der Waals surface area contributed by atoms with E-state index in [9.17, 15) is 28.7 Å². The summed E-state index contributed by atoms with van der Waals surface area (Å²) in [6, 6.07) is 0. The lowest BCUT2D eigenvalue weighted by molar-refractivity contribution is -0.161. The number of carbonyl (C=O) groups is 2. The third kappa shape index (κ3) is 35.6. The maximum absolute atomic E-state index is 12.7. The second-order valence-corrected chi connectivity index (χ2v) is 18.3. The molecule has 59 heavy (non-hydrogen) atoms. The molecule has 1 heterocycles. The summed E-state index contributed by atoms with van der Waals surface area (Å²) in [5, 5.41) is 9.75. The lowest BCUT2D eigenvalue weighted by Crippen LogP contribution is -2.30. The molecule has 0 aromatic heterocycles. The molecule has 0 bridgehead atoms. The van der Waals surface area contributed by atoms with E-state index >= 15 is 0 Å². The third-order valence-electron chi connectivity index (χ3n) is 9.99. The number of aliphatic hydroxyl groups excluding tert-OH is 1. The predicted octanol–water partition coefficient (Wildman–Crippen LogP) is 10.1. The molecule has 344 valence electrons. The number of ether oxygens (including phenoxy) is 3. The molecule has 1 rings (SSSR count). The fourth-order valence-electron chi connectivity index (χ4n) is 6.12. The lowest BCUT2D eigenvalue weighted by atomic mass is 9.99. The average molecular weight is 881 g/mol. The van der Waals surface area contributed by atoms with Crippen molar-refractivity contribution in [3.63, 3.8) is 0 Å². The number of carbonyl (C=O) groups excluding carboxylic acids is 2. The summed E-state index contributed by atoms with van der Waals surface area (Å²) >= 11 is 0. The Bertz CT molecular complexity index is 1270. The zero-order valence-corrected chi connectivity index (χ0v) is 38.0. The molecule has 1 fully saturated rings. The van der Waals surface area contributed by atoms with Crippen LogP contribution in [0, 0.1) is 5.92 Å². The lowest BCUT2D eigenvalue weighted by Gasteiger charge is -2.20. The van der Waals surface area contributed by atoms with Crippen LogP contribution in [0.5, 0.6) is 0 Å². The second-order valence-electron chi connectivity index (χ2n) is 15.6. The highest BCUT2D eigenvalue weighted by Crippen LogP contribution is 2.44. The van der Waals surface area contributed by atoms with E-state index in [1.807, 2.05) is 0 Å². The van der Waals surface area contributed by atoms with Gasteiger partial charge in [0.2, 0.25) is 0 Å². The number of phosphoric ester groups is 2. The molecule has 1 aliphatic rings. The standard InChI is InChI=1S/C43H78O14P2/c1-4-6-7-8-9-10-11-12-16-19-22-25-29-40-41(57-40)30-27-32-42(45)52-35-39(36-55-59(50,51)54-34-38(44)33-53-58(47,48)49)56-43(46)31-26-23-20-17-14-13-15-18-21-24-28-37(3)5-2/h9-10,12,16,22,25,37-41,44H,4-8,11,13-15,17-21,23-24,26-36H2,1-3H3,(H,50,51)(H2,47,48,49)/b10-9-,16-12-,25-22-/t37?,38-,39+,40?,41?/m0/s1. The summed E-state index contributed by atoms with van der Waals surface area (Å²) in [6.07, 6.45) is 33.0. The van der Waals surface area contributed by atoms with Crippen LogP contribution < -0.4 is 0 Å². The van der Waals surface area contributed by atoms with E-state index < -0.39 is 66.2 Å². The summed E-state index contributed by atoms with van der Waals surface area (Å²) in [5.41, 5.74) is 0. The van der Waals surface area contributed by atoms with E-state index in [1.165, 1.54) is 70.6 Å². The Kier molecular flexibility index (Phi) is 32.7. The van der Waals surface area contributed by atoms with Gasteiger partial charge in [0.25, 0.3) is 0 Å². The highest BCUT2D eigenvalue weighted by Gasteiger charge is 2.36. The topological polar surface area (TPSA) is 208 Å². The molecule has 0 aliphatic carbocycles. The first kappa shape index (κ1) is 55.3. The molecule has 0 saturated carbocycles. The van der Waals surface area contributed by atoms with E-state index in [1.54, 1.807) is 0 Å². The molecule has 0 spiro atoms. The van der Waals surface area contributed by atoms with E-state index in [4.69, 9.17) is 28.5 Å². The van der Waals surface area contributed by atoms with Crippen molar-refractivity contribution in [2.75, 3.05) is 26.4 Å². The van der Waals surface area contributed by atoms with Gasteiger partial charge in [-0.05, 0) is 57.3 Å². The summed E-state index contributed by atoms with van der Waals surface area (Å²) in [7, 11) is -9.70. The molecular weight excluding hydrogens is 802 g/mol. The van der Waals surface area contributed by atoms with Crippen molar-refractivity contribution in [1.29, 1.82) is 0 Å². The van der Waals surface area contributed by atoms with Gasteiger partial charge in [-0.1, -0.05) is 141 Å². The van der Waals surface area contributed by atoms with E-state index in [2.05, 4.69) is 66.3 Å². The van der Waals surface area contributed by atoms with Crippen molar-refractivity contribution in [1.82, 2.24) is 0 Å². The van der Waals surface area contributed by atoms with Crippen molar-refractivity contribution in [2.45, 2.75) is 193 Å². The van der Waals surface area contributed by atoms with Crippen LogP contribution in [-0.2, 0) is 46.5 Å². The fourth-order valence-corrected chi connectivity index (χ4v) is 7.27. The monoisotopic (exact) mass is 880 g/mol. The summed E-state index contributed by atoms with van der Waals surface area (Å²) < 4.78 is 53.5. The first-order valence-electron chi connectivity index (χ1n) is 22.2. The highest BCUT2D eigenvalue weighted by molar-refractivity contribution is 7.47. The summed E-state index contributed by atoms with van der Waals surface area (Å²) in [5.74, 6) is -0.291. The van der Waals surface area contributed by atoms with Crippen LogP contribution in [0.3, 0.4) is 0 Å². The summed E-state index contributed by atoms with van der Waals surface area (Å²) in [4.78, 5) is 52.8. The van der Waals surface area contributed by atoms with Gasteiger partial charge >= 0.3 is 27.6 Å². The van der Waals surface area contributed by atoms with E-state index in [0.29, 0.717) is 19.3 Å². The van der Waals surface area contributed by atoms with Gasteiger partial charge in [-0.15, -0.1) is 0 Å². The number of esters is 2. The number of allylic oxidation sites excluding steroid dienone is 5.